The molecule has 0 heterocycles. The summed E-state index contributed by atoms with van der Waals surface area (Å²) in [4.78, 5) is 0. The lowest BCUT2D eigenvalue weighted by molar-refractivity contribution is 0.503. The van der Waals surface area contributed by atoms with E-state index in [1.54, 1.807) is 6.08 Å². The third kappa shape index (κ3) is 3.40. The molecule has 0 spiro atoms. The molecule has 0 amide bonds. The van der Waals surface area contributed by atoms with E-state index >= 15 is 0 Å². The summed E-state index contributed by atoms with van der Waals surface area (Å²) >= 11 is 0. The molecule has 0 saturated heterocycles. The molecule has 2 nitrogen and oxygen atoms in total. The Balaban J connectivity index is 2.74. The van der Waals surface area contributed by atoms with E-state index in [0.29, 0.717) is 12.1 Å². The first-order chi connectivity index (χ1) is 7.69. The monoisotopic (exact) mass is 226 g/mol. The van der Waals surface area contributed by atoms with Crippen molar-refractivity contribution in [3.05, 3.63) is 48.1 Å². The van der Waals surface area contributed by atoms with E-state index in [1.165, 1.54) is 12.1 Å². The largest absolute Gasteiger partial charge is 0.329 e. The van der Waals surface area contributed by atoms with Crippen LogP contribution in [-0.2, 0) is 0 Å². The Kier molecular flexibility index (Phi) is 5.08. The lowest BCUT2D eigenvalue weighted by Gasteiger charge is -2.17. The summed E-state index contributed by atoms with van der Waals surface area (Å²) < 4.78 is 26.2. The predicted molar refractivity (Wildman–Crippen MR) is 61.0 cm³/mol. The van der Waals surface area contributed by atoms with Gasteiger partial charge < -0.3 is 11.1 Å². The number of rotatable bonds is 6. The number of benzene rings is 1. The Morgan fingerprint density at radius 2 is 2.19 bits per heavy atom. The normalized spacial score (nSPS) is 12.4. The molecule has 0 aliphatic heterocycles. The van der Waals surface area contributed by atoms with Crippen molar-refractivity contribution in [1.82, 2.24) is 5.32 Å². The Bertz CT molecular complexity index is 353. The van der Waals surface area contributed by atoms with Crippen LogP contribution in [0.3, 0.4) is 0 Å². The Labute approximate surface area is 94.2 Å². The molecular weight excluding hydrogens is 210 g/mol. The summed E-state index contributed by atoms with van der Waals surface area (Å²) in [5, 5.41) is 3.09. The van der Waals surface area contributed by atoms with Crippen molar-refractivity contribution in [2.24, 2.45) is 5.73 Å². The van der Waals surface area contributed by atoms with Crippen LogP contribution in [0.25, 0.3) is 0 Å². The molecule has 0 aliphatic carbocycles. The van der Waals surface area contributed by atoms with E-state index in [9.17, 15) is 8.78 Å². The van der Waals surface area contributed by atoms with Crippen molar-refractivity contribution >= 4 is 0 Å². The topological polar surface area (TPSA) is 38.0 Å². The van der Waals surface area contributed by atoms with Gasteiger partial charge in [0.25, 0.3) is 0 Å². The molecule has 1 aromatic carbocycles. The minimum absolute atomic E-state index is 0.264. The SMILES string of the molecule is C=CCCNC(CN)c1ccc(F)cc1F. The van der Waals surface area contributed by atoms with E-state index in [2.05, 4.69) is 11.9 Å². The third-order valence-corrected chi connectivity index (χ3v) is 2.31. The van der Waals surface area contributed by atoms with Crippen LogP contribution < -0.4 is 11.1 Å². The minimum atomic E-state index is -0.580. The maximum Gasteiger partial charge on any atom is 0.130 e. The van der Waals surface area contributed by atoms with Crippen LogP contribution in [0.4, 0.5) is 8.78 Å². The Morgan fingerprint density at radius 3 is 2.75 bits per heavy atom. The fourth-order valence-electron chi connectivity index (χ4n) is 1.46. The molecule has 0 saturated carbocycles. The molecule has 3 N–H and O–H groups in total. The Hall–Kier alpha value is -1.26. The van der Waals surface area contributed by atoms with Gasteiger partial charge in [0.2, 0.25) is 0 Å². The zero-order valence-corrected chi connectivity index (χ0v) is 9.05. The van der Waals surface area contributed by atoms with E-state index in [1.807, 2.05) is 0 Å². The van der Waals surface area contributed by atoms with Crippen molar-refractivity contribution < 1.29 is 8.78 Å². The number of halogens is 2. The summed E-state index contributed by atoms with van der Waals surface area (Å²) in [6, 6.07) is 3.23. The number of hydrogen-bond donors (Lipinski definition) is 2. The van der Waals surface area contributed by atoms with Crippen LogP contribution in [0, 0.1) is 11.6 Å². The molecular formula is C12H16F2N2. The van der Waals surface area contributed by atoms with Gasteiger partial charge >= 0.3 is 0 Å². The smallest absolute Gasteiger partial charge is 0.130 e. The quantitative estimate of drug-likeness (QED) is 0.576. The molecule has 0 fully saturated rings. The predicted octanol–water partition coefficient (Wildman–Crippen LogP) is 2.13. The van der Waals surface area contributed by atoms with Gasteiger partial charge in [0.1, 0.15) is 11.6 Å². The van der Waals surface area contributed by atoms with E-state index in [4.69, 9.17) is 5.73 Å². The van der Waals surface area contributed by atoms with Crippen LogP contribution >= 0.6 is 0 Å². The molecule has 88 valence electrons. The summed E-state index contributed by atoms with van der Waals surface area (Å²) in [5.41, 5.74) is 5.94. The zero-order valence-electron chi connectivity index (χ0n) is 9.05. The van der Waals surface area contributed by atoms with Crippen LogP contribution in [0.2, 0.25) is 0 Å². The van der Waals surface area contributed by atoms with Crippen molar-refractivity contribution in [2.75, 3.05) is 13.1 Å². The number of nitrogens with one attached hydrogen (secondary N) is 1. The first-order valence-corrected chi connectivity index (χ1v) is 5.18. The average molecular weight is 226 g/mol. The first-order valence-electron chi connectivity index (χ1n) is 5.18. The van der Waals surface area contributed by atoms with Gasteiger partial charge in [-0.05, 0) is 19.0 Å². The second kappa shape index (κ2) is 6.35. The van der Waals surface area contributed by atoms with E-state index < -0.39 is 11.6 Å². The second-order valence-electron chi connectivity index (χ2n) is 3.49. The maximum absolute atomic E-state index is 13.4. The van der Waals surface area contributed by atoms with Crippen LogP contribution in [0.5, 0.6) is 0 Å². The number of hydrogen-bond acceptors (Lipinski definition) is 2. The summed E-state index contributed by atoms with van der Waals surface area (Å²) in [5.74, 6) is -1.15. The maximum atomic E-state index is 13.4. The molecule has 0 aliphatic rings. The molecule has 4 heteroatoms. The standard InChI is InChI=1S/C12H16F2N2/c1-2-3-6-16-12(8-15)10-5-4-9(13)7-11(10)14/h2,4-5,7,12,16H,1,3,6,8,15H2. The summed E-state index contributed by atoms with van der Waals surface area (Å²) in [6.45, 7) is 4.52. The average Bonchev–Trinajstić information content (AvgIpc) is 2.26. The van der Waals surface area contributed by atoms with Gasteiger partial charge in [-0.3, -0.25) is 0 Å². The van der Waals surface area contributed by atoms with Crippen LogP contribution in [-0.4, -0.2) is 13.1 Å². The third-order valence-electron chi connectivity index (χ3n) is 2.31. The lowest BCUT2D eigenvalue weighted by Crippen LogP contribution is -2.29. The highest BCUT2D eigenvalue weighted by Gasteiger charge is 2.13. The highest BCUT2D eigenvalue weighted by atomic mass is 19.1. The molecule has 0 aromatic heterocycles. The van der Waals surface area contributed by atoms with Gasteiger partial charge in [-0.15, -0.1) is 6.58 Å². The summed E-state index contributed by atoms with van der Waals surface area (Å²) in [7, 11) is 0. The van der Waals surface area contributed by atoms with Gasteiger partial charge in [-0.25, -0.2) is 8.78 Å². The fraction of sp³-hybridized carbons (Fsp3) is 0.333. The minimum Gasteiger partial charge on any atom is -0.329 e. The molecule has 1 unspecified atom stereocenters. The lowest BCUT2D eigenvalue weighted by atomic mass is 10.1. The zero-order chi connectivity index (χ0) is 12.0. The second-order valence-corrected chi connectivity index (χ2v) is 3.49. The molecule has 1 aromatic rings. The van der Waals surface area contributed by atoms with Gasteiger partial charge in [-0.2, -0.15) is 0 Å². The van der Waals surface area contributed by atoms with Crippen molar-refractivity contribution in [3.63, 3.8) is 0 Å². The number of nitrogens with two attached hydrogens (primary N) is 1. The molecule has 1 rings (SSSR count). The fourth-order valence-corrected chi connectivity index (χ4v) is 1.46. The van der Waals surface area contributed by atoms with Crippen LogP contribution in [0.15, 0.2) is 30.9 Å². The van der Waals surface area contributed by atoms with Gasteiger partial charge in [-0.1, -0.05) is 12.1 Å². The first kappa shape index (κ1) is 12.8. The molecule has 1 atom stereocenters. The van der Waals surface area contributed by atoms with Crippen LogP contribution in [0.1, 0.15) is 18.0 Å². The molecule has 0 radical (unpaired) electrons. The van der Waals surface area contributed by atoms with Crippen molar-refractivity contribution in [1.29, 1.82) is 0 Å². The van der Waals surface area contributed by atoms with Gasteiger partial charge in [0.15, 0.2) is 0 Å². The Morgan fingerprint density at radius 1 is 1.44 bits per heavy atom. The highest BCUT2D eigenvalue weighted by Crippen LogP contribution is 2.17. The molecule has 0 bridgehead atoms. The molecule has 16 heavy (non-hydrogen) atoms. The highest BCUT2D eigenvalue weighted by molar-refractivity contribution is 5.22. The van der Waals surface area contributed by atoms with Gasteiger partial charge in [0.05, 0.1) is 0 Å². The summed E-state index contributed by atoms with van der Waals surface area (Å²) in [6.07, 6.45) is 2.54. The van der Waals surface area contributed by atoms with Gasteiger partial charge in [0, 0.05) is 24.2 Å². The van der Waals surface area contributed by atoms with E-state index in [-0.39, 0.29) is 12.6 Å². The van der Waals surface area contributed by atoms with Crippen molar-refractivity contribution in [3.8, 4) is 0 Å². The van der Waals surface area contributed by atoms with Crippen molar-refractivity contribution in [2.45, 2.75) is 12.5 Å². The van der Waals surface area contributed by atoms with E-state index in [0.717, 1.165) is 12.5 Å².